The highest BCUT2D eigenvalue weighted by Crippen LogP contribution is 2.46. The van der Waals surface area contributed by atoms with Gasteiger partial charge in [0, 0.05) is 118 Å². The Kier molecular flexibility index (Phi) is 13.4. The molecule has 8 aromatic heterocycles. The summed E-state index contributed by atoms with van der Waals surface area (Å²) in [5.74, 6) is 4.91. The molecule has 0 aliphatic rings. The summed E-state index contributed by atoms with van der Waals surface area (Å²) in [5, 5.41) is 8.42. The van der Waals surface area contributed by atoms with Crippen LogP contribution in [-0.2, 0) is 0 Å². The molecule has 0 bridgehead atoms. The van der Waals surface area contributed by atoms with Gasteiger partial charge in [-0.15, -0.1) is 22.7 Å². The Bertz CT molecular complexity index is 7340. The number of para-hydroxylation sites is 4. The molecule has 0 aliphatic carbocycles. The lowest BCUT2D eigenvalue weighted by Gasteiger charge is -2.12. The van der Waals surface area contributed by atoms with E-state index in [1.165, 1.54) is 30.3 Å². The highest BCUT2D eigenvalue weighted by atomic mass is 32.1. The summed E-state index contributed by atoms with van der Waals surface area (Å²) >= 11 is 3.53. The van der Waals surface area contributed by atoms with Gasteiger partial charge in [-0.05, 0) is 126 Å². The van der Waals surface area contributed by atoms with E-state index in [0.717, 1.165) is 132 Å². The third-order valence-corrected chi connectivity index (χ3v) is 22.6. The molecule has 0 saturated heterocycles. The van der Waals surface area contributed by atoms with Crippen LogP contribution in [0.25, 0.3) is 220 Å². The Morgan fingerprint density at radius 1 is 0.236 bits per heavy atom. The van der Waals surface area contributed by atoms with Crippen molar-refractivity contribution in [2.24, 2.45) is 0 Å². The van der Waals surface area contributed by atoms with Gasteiger partial charge in [0.2, 0.25) is 0 Å². The average Bonchev–Trinajstić information content (AvgIpc) is 1.56. The van der Waals surface area contributed by atoms with Gasteiger partial charge in [-0.3, -0.25) is 9.13 Å². The second-order valence-electron chi connectivity index (χ2n) is 26.5. The topological polar surface area (TPSA) is 139 Å². The van der Waals surface area contributed by atoms with Gasteiger partial charge in [0.1, 0.15) is 34.0 Å². The van der Waals surface area contributed by atoms with Gasteiger partial charge in [0.05, 0.1) is 22.1 Å². The van der Waals surface area contributed by atoms with E-state index in [1.807, 2.05) is 78.9 Å². The number of thiophene rings is 2. The Morgan fingerprint density at radius 3 is 1.39 bits per heavy atom. The molecule has 106 heavy (non-hydrogen) atoms. The first kappa shape index (κ1) is 59.7. The molecule has 0 unspecified atom stereocenters. The molecule has 0 saturated carbocycles. The molecule has 0 spiro atoms. The molecule has 8 heterocycles. The number of benzene rings is 14. The molecule has 12 nitrogen and oxygen atoms in total. The van der Waals surface area contributed by atoms with Gasteiger partial charge >= 0.3 is 0 Å². The van der Waals surface area contributed by atoms with Gasteiger partial charge in [-0.2, -0.15) is 0 Å². The smallest absolute Gasteiger partial charge is 0.165 e. The first-order valence-corrected chi connectivity index (χ1v) is 36.7. The van der Waals surface area contributed by atoms with Crippen molar-refractivity contribution in [3.63, 3.8) is 0 Å². The van der Waals surface area contributed by atoms with Gasteiger partial charge in [-0.1, -0.05) is 200 Å². The lowest BCUT2D eigenvalue weighted by molar-refractivity contribution is 0.668. The predicted octanol–water partition coefficient (Wildman–Crippen LogP) is 24.3. The van der Waals surface area contributed by atoms with Crippen molar-refractivity contribution >= 4 is 129 Å². The summed E-state index contributed by atoms with van der Waals surface area (Å²) in [4.78, 5) is 42.9. The van der Waals surface area contributed by atoms with Crippen molar-refractivity contribution in [2.75, 3.05) is 0 Å². The average molecular weight is 1390 g/mol. The summed E-state index contributed by atoms with van der Waals surface area (Å²) in [6.07, 6.45) is 0. The Morgan fingerprint density at radius 2 is 0.698 bits per heavy atom. The monoisotopic (exact) mass is 1390 g/mol. The fourth-order valence-electron chi connectivity index (χ4n) is 15.4. The molecule has 0 atom stereocenters. The molecule has 494 valence electrons. The van der Waals surface area contributed by atoms with E-state index >= 15 is 0 Å². The van der Waals surface area contributed by atoms with Crippen LogP contribution in [0.2, 0.25) is 0 Å². The zero-order chi connectivity index (χ0) is 69.5. The molecule has 0 aliphatic heterocycles. The van der Waals surface area contributed by atoms with Crippen LogP contribution in [0.1, 0.15) is 0 Å². The van der Waals surface area contributed by atoms with Crippen molar-refractivity contribution in [3.05, 3.63) is 315 Å². The summed E-state index contributed by atoms with van der Waals surface area (Å²) in [7, 11) is 0. The van der Waals surface area contributed by atoms with Crippen LogP contribution < -0.4 is 0 Å². The summed E-state index contributed by atoms with van der Waals surface area (Å²) in [6.45, 7) is 0. The number of imidazole rings is 2. The predicted molar refractivity (Wildman–Crippen MR) is 432 cm³/mol. The zero-order valence-electron chi connectivity index (χ0n) is 56.1. The van der Waals surface area contributed by atoms with Crippen LogP contribution in [0.5, 0.6) is 0 Å². The largest absolute Gasteiger partial charge is 0.456 e. The number of rotatable bonds is 11. The van der Waals surface area contributed by atoms with Crippen LogP contribution in [-0.4, -0.2) is 49.0 Å². The SMILES string of the molecule is c1ccc(-c2nc(-c3ccc4c(c3)sc3ccccc34)nc(-c3cccc4oc5cc(-c6nc7cc(-c8cc(-c9nc(-c%10ccccc%10)nc(-c%10cccc%11c%10sc%10ccccc%10%11)n9)c9c(c8)oc8cc(-c%10nc%11ccccc%11n%10-c%10ccccc%10)ccc89)ccc7n6-c6ccccc6)ccc5c34)n2)cc1. The van der Waals surface area contributed by atoms with Gasteiger partial charge < -0.3 is 8.83 Å². The number of hydrogen-bond acceptors (Lipinski definition) is 12. The molecule has 14 aromatic carbocycles. The van der Waals surface area contributed by atoms with E-state index in [9.17, 15) is 0 Å². The first-order valence-electron chi connectivity index (χ1n) is 35.0. The third-order valence-electron chi connectivity index (χ3n) is 20.3. The molecule has 22 rings (SSSR count). The van der Waals surface area contributed by atoms with E-state index < -0.39 is 0 Å². The summed E-state index contributed by atoms with van der Waals surface area (Å²) in [5.41, 5.74) is 17.2. The van der Waals surface area contributed by atoms with E-state index in [1.54, 1.807) is 22.7 Å². The van der Waals surface area contributed by atoms with Crippen LogP contribution in [0, 0.1) is 0 Å². The molecule has 14 heteroatoms. The number of hydrogen-bond donors (Lipinski definition) is 0. The maximum Gasteiger partial charge on any atom is 0.165 e. The van der Waals surface area contributed by atoms with Crippen molar-refractivity contribution in [3.8, 4) is 114 Å². The minimum atomic E-state index is 0.507. The maximum atomic E-state index is 7.22. The number of fused-ring (bicyclic) bond motifs is 14. The van der Waals surface area contributed by atoms with E-state index in [0.29, 0.717) is 57.3 Å². The minimum Gasteiger partial charge on any atom is -0.456 e. The van der Waals surface area contributed by atoms with Gasteiger partial charge in [0.15, 0.2) is 34.9 Å². The van der Waals surface area contributed by atoms with Crippen LogP contribution in [0.3, 0.4) is 0 Å². The maximum absolute atomic E-state index is 7.22. The second-order valence-corrected chi connectivity index (χ2v) is 28.7. The number of nitrogens with zero attached hydrogens (tertiary/aromatic N) is 10. The fourth-order valence-corrected chi connectivity index (χ4v) is 17.7. The van der Waals surface area contributed by atoms with Crippen molar-refractivity contribution in [2.45, 2.75) is 0 Å². The number of furan rings is 2. The van der Waals surface area contributed by atoms with Crippen LogP contribution in [0.15, 0.2) is 324 Å². The lowest BCUT2D eigenvalue weighted by atomic mass is 9.97. The Balaban J connectivity index is 0.709. The summed E-state index contributed by atoms with van der Waals surface area (Å²) in [6, 6.07) is 109. The molecular formula is C92H52N10O2S2. The van der Waals surface area contributed by atoms with Gasteiger partial charge in [0.25, 0.3) is 0 Å². The van der Waals surface area contributed by atoms with Crippen molar-refractivity contribution in [1.29, 1.82) is 0 Å². The summed E-state index contributed by atoms with van der Waals surface area (Å²) < 4.78 is 23.3. The standard InChI is InChI=1S/C92H52N10O2S2/c1-5-21-53(22-6-1)85-95-87(56-39-43-64-62-29-13-17-37-79(62)105-81(64)52-56)99-88(96-85)68-32-20-36-75-82(68)66-44-40-58(49-76(66)103-75)92-94-72-48-55(42-46-74(72)102(92)61-27-11-4-12-28-61)59-47-70(90-98-86(54-23-7-2-8-24-54)97-89(100-90)69-33-19-31-65-63-30-14-18-38-80(63)106-84(65)69)83-67-45-41-57(50-77(67)104-78(83)51-59)91-93-71-34-15-16-35-73(71)101(91)60-25-9-3-10-26-60/h1-52H. The second kappa shape index (κ2) is 23.8. The minimum absolute atomic E-state index is 0.507. The van der Waals surface area contributed by atoms with Gasteiger partial charge in [-0.25, -0.2) is 39.9 Å². The molecule has 0 radical (unpaired) electrons. The molecule has 0 amide bonds. The fraction of sp³-hybridized carbons (Fsp3) is 0. The lowest BCUT2D eigenvalue weighted by Crippen LogP contribution is -2.01. The highest BCUT2D eigenvalue weighted by Gasteiger charge is 2.26. The third kappa shape index (κ3) is 9.73. The quantitative estimate of drug-likeness (QED) is 0.123. The van der Waals surface area contributed by atoms with Crippen LogP contribution in [0.4, 0.5) is 0 Å². The first-order chi connectivity index (χ1) is 52.5. The molecule has 22 aromatic rings. The zero-order valence-corrected chi connectivity index (χ0v) is 57.8. The molecule has 0 N–H and O–H groups in total. The van der Waals surface area contributed by atoms with E-state index in [-0.39, 0.29) is 0 Å². The molecular weight excluding hydrogens is 1340 g/mol. The Hall–Kier alpha value is -13.9. The van der Waals surface area contributed by atoms with E-state index in [4.69, 9.17) is 48.7 Å². The van der Waals surface area contributed by atoms with Crippen molar-refractivity contribution < 1.29 is 8.83 Å². The van der Waals surface area contributed by atoms with E-state index in [2.05, 4.69) is 246 Å². The normalized spacial score (nSPS) is 12.0. The number of aromatic nitrogens is 10. The highest BCUT2D eigenvalue weighted by molar-refractivity contribution is 7.26. The Labute approximate surface area is 611 Å². The van der Waals surface area contributed by atoms with Crippen molar-refractivity contribution in [1.82, 2.24) is 49.0 Å². The molecule has 0 fully saturated rings. The van der Waals surface area contributed by atoms with Crippen LogP contribution >= 0.6 is 22.7 Å².